The van der Waals surface area contributed by atoms with E-state index in [0.29, 0.717) is 0 Å². The second-order valence-electron chi connectivity index (χ2n) is 3.51. The molecule has 1 rings (SSSR count). The van der Waals surface area contributed by atoms with Gasteiger partial charge in [0.05, 0.1) is 6.10 Å². The van der Waals surface area contributed by atoms with Crippen molar-refractivity contribution in [2.45, 2.75) is 33.3 Å². The zero-order chi connectivity index (χ0) is 10.6. The van der Waals surface area contributed by atoms with Gasteiger partial charge in [-0.1, -0.05) is 13.0 Å². The van der Waals surface area contributed by atoms with E-state index in [9.17, 15) is 4.39 Å². The van der Waals surface area contributed by atoms with Gasteiger partial charge in [0, 0.05) is 6.61 Å². The van der Waals surface area contributed by atoms with Crippen molar-refractivity contribution in [3.63, 3.8) is 0 Å². The maximum absolute atomic E-state index is 12.8. The van der Waals surface area contributed by atoms with E-state index in [-0.39, 0.29) is 11.9 Å². The first-order chi connectivity index (χ1) is 6.65. The van der Waals surface area contributed by atoms with E-state index < -0.39 is 0 Å². The first-order valence-corrected chi connectivity index (χ1v) is 5.02. The molecule has 0 amide bonds. The van der Waals surface area contributed by atoms with E-state index >= 15 is 0 Å². The Morgan fingerprint density at radius 1 is 1.43 bits per heavy atom. The largest absolute Gasteiger partial charge is 0.374 e. The third kappa shape index (κ3) is 2.81. The van der Waals surface area contributed by atoms with Gasteiger partial charge in [0.2, 0.25) is 0 Å². The van der Waals surface area contributed by atoms with Gasteiger partial charge in [-0.25, -0.2) is 4.39 Å². The summed E-state index contributed by atoms with van der Waals surface area (Å²) in [7, 11) is 0. The minimum atomic E-state index is -0.186. The summed E-state index contributed by atoms with van der Waals surface area (Å²) in [6, 6.07) is 4.82. The highest BCUT2D eigenvalue weighted by atomic mass is 19.1. The van der Waals surface area contributed by atoms with E-state index in [4.69, 9.17) is 4.74 Å². The Hall–Kier alpha value is -0.890. The highest BCUT2D eigenvalue weighted by Gasteiger charge is 2.08. The van der Waals surface area contributed by atoms with Crippen molar-refractivity contribution in [1.82, 2.24) is 0 Å². The fourth-order valence-electron chi connectivity index (χ4n) is 1.48. The standard InChI is InChI=1S/C12H17FO/c1-4-7-14-10(3)12-6-5-11(13)8-9(12)2/h5-6,8,10H,4,7H2,1-3H3/t10-/m0/s1. The van der Waals surface area contributed by atoms with Crippen LogP contribution in [0, 0.1) is 12.7 Å². The molecule has 0 bridgehead atoms. The number of hydrogen-bond donors (Lipinski definition) is 0. The van der Waals surface area contributed by atoms with Crippen LogP contribution < -0.4 is 0 Å². The number of rotatable bonds is 4. The van der Waals surface area contributed by atoms with Crippen LogP contribution in [0.5, 0.6) is 0 Å². The van der Waals surface area contributed by atoms with Crippen LogP contribution in [-0.2, 0) is 4.74 Å². The normalized spacial score (nSPS) is 12.9. The molecule has 0 saturated heterocycles. The van der Waals surface area contributed by atoms with Crippen molar-refractivity contribution in [3.05, 3.63) is 35.1 Å². The molecule has 0 unspecified atom stereocenters. The van der Waals surface area contributed by atoms with Gasteiger partial charge in [0.1, 0.15) is 5.82 Å². The summed E-state index contributed by atoms with van der Waals surface area (Å²) in [5.74, 6) is -0.186. The molecule has 0 aliphatic carbocycles. The molecule has 78 valence electrons. The molecule has 0 aromatic heterocycles. The quantitative estimate of drug-likeness (QED) is 0.714. The molecule has 0 aliphatic heterocycles. The Morgan fingerprint density at radius 3 is 2.71 bits per heavy atom. The lowest BCUT2D eigenvalue weighted by atomic mass is 10.0. The molecular weight excluding hydrogens is 179 g/mol. The minimum Gasteiger partial charge on any atom is -0.374 e. The van der Waals surface area contributed by atoms with Crippen LogP contribution in [0.1, 0.15) is 37.5 Å². The minimum absolute atomic E-state index is 0.0514. The maximum Gasteiger partial charge on any atom is 0.123 e. The SMILES string of the molecule is CCCO[C@@H](C)c1ccc(F)cc1C. The monoisotopic (exact) mass is 196 g/mol. The summed E-state index contributed by atoms with van der Waals surface area (Å²) in [5.41, 5.74) is 2.02. The van der Waals surface area contributed by atoms with Crippen LogP contribution >= 0.6 is 0 Å². The molecule has 1 atom stereocenters. The zero-order valence-electron chi connectivity index (χ0n) is 9.01. The Morgan fingerprint density at radius 2 is 2.14 bits per heavy atom. The van der Waals surface area contributed by atoms with Gasteiger partial charge in [-0.05, 0) is 43.5 Å². The Bertz CT molecular complexity index is 296. The second-order valence-corrected chi connectivity index (χ2v) is 3.51. The second kappa shape index (κ2) is 5.11. The van der Waals surface area contributed by atoms with Crippen LogP contribution in [0.3, 0.4) is 0 Å². The summed E-state index contributed by atoms with van der Waals surface area (Å²) in [4.78, 5) is 0. The molecule has 0 radical (unpaired) electrons. The summed E-state index contributed by atoms with van der Waals surface area (Å²) >= 11 is 0. The number of ether oxygens (including phenoxy) is 1. The average Bonchev–Trinajstić information content (AvgIpc) is 2.14. The Balaban J connectivity index is 2.74. The molecule has 1 aromatic carbocycles. The van der Waals surface area contributed by atoms with E-state index in [2.05, 4.69) is 6.92 Å². The van der Waals surface area contributed by atoms with Crippen molar-refractivity contribution >= 4 is 0 Å². The van der Waals surface area contributed by atoms with E-state index in [1.54, 1.807) is 12.1 Å². The summed E-state index contributed by atoms with van der Waals surface area (Å²) in [5, 5.41) is 0. The maximum atomic E-state index is 12.8. The molecule has 0 N–H and O–H groups in total. The molecule has 0 fully saturated rings. The van der Waals surface area contributed by atoms with Gasteiger partial charge in [-0.3, -0.25) is 0 Å². The topological polar surface area (TPSA) is 9.23 Å². The molecule has 0 saturated carbocycles. The molecule has 14 heavy (non-hydrogen) atoms. The van der Waals surface area contributed by atoms with Gasteiger partial charge in [-0.2, -0.15) is 0 Å². The lowest BCUT2D eigenvalue weighted by Gasteiger charge is -2.15. The number of aryl methyl sites for hydroxylation is 1. The summed E-state index contributed by atoms with van der Waals surface area (Å²) in [6.07, 6.45) is 1.06. The van der Waals surface area contributed by atoms with Crippen LogP contribution in [0.2, 0.25) is 0 Å². The average molecular weight is 196 g/mol. The summed E-state index contributed by atoms with van der Waals surface area (Å²) in [6.45, 7) is 6.72. The lowest BCUT2D eigenvalue weighted by Crippen LogP contribution is -2.03. The molecule has 0 aliphatic rings. The van der Waals surface area contributed by atoms with Gasteiger partial charge in [0.25, 0.3) is 0 Å². The summed E-state index contributed by atoms with van der Waals surface area (Å²) < 4.78 is 18.4. The van der Waals surface area contributed by atoms with E-state index in [0.717, 1.165) is 24.2 Å². The number of halogens is 1. The molecule has 0 heterocycles. The predicted octanol–water partition coefficient (Wildman–Crippen LogP) is 3.62. The molecular formula is C12H17FO. The lowest BCUT2D eigenvalue weighted by molar-refractivity contribution is 0.0658. The highest BCUT2D eigenvalue weighted by molar-refractivity contribution is 5.28. The van der Waals surface area contributed by atoms with Crippen molar-refractivity contribution in [2.75, 3.05) is 6.61 Å². The van der Waals surface area contributed by atoms with Crippen LogP contribution in [0.15, 0.2) is 18.2 Å². The molecule has 1 aromatic rings. The Kier molecular flexibility index (Phi) is 4.08. The van der Waals surface area contributed by atoms with Crippen molar-refractivity contribution in [3.8, 4) is 0 Å². The Labute approximate surface area is 84.9 Å². The van der Waals surface area contributed by atoms with Crippen molar-refractivity contribution in [2.24, 2.45) is 0 Å². The van der Waals surface area contributed by atoms with Crippen LogP contribution in [0.4, 0.5) is 4.39 Å². The third-order valence-corrected chi connectivity index (χ3v) is 2.24. The number of benzene rings is 1. The van der Waals surface area contributed by atoms with E-state index in [1.807, 2.05) is 13.8 Å². The molecule has 1 nitrogen and oxygen atoms in total. The van der Waals surface area contributed by atoms with Crippen LogP contribution in [0.25, 0.3) is 0 Å². The van der Waals surface area contributed by atoms with Gasteiger partial charge < -0.3 is 4.74 Å². The van der Waals surface area contributed by atoms with Gasteiger partial charge >= 0.3 is 0 Å². The smallest absolute Gasteiger partial charge is 0.123 e. The first-order valence-electron chi connectivity index (χ1n) is 5.02. The molecule has 0 spiro atoms. The fraction of sp³-hybridized carbons (Fsp3) is 0.500. The first kappa shape index (κ1) is 11.2. The highest BCUT2D eigenvalue weighted by Crippen LogP contribution is 2.21. The van der Waals surface area contributed by atoms with Crippen molar-refractivity contribution in [1.29, 1.82) is 0 Å². The predicted molar refractivity (Wildman–Crippen MR) is 55.8 cm³/mol. The fourth-order valence-corrected chi connectivity index (χ4v) is 1.48. The zero-order valence-corrected chi connectivity index (χ0v) is 9.01. The van der Waals surface area contributed by atoms with Crippen LogP contribution in [-0.4, -0.2) is 6.61 Å². The van der Waals surface area contributed by atoms with Gasteiger partial charge in [-0.15, -0.1) is 0 Å². The van der Waals surface area contributed by atoms with E-state index in [1.165, 1.54) is 6.07 Å². The number of hydrogen-bond acceptors (Lipinski definition) is 1. The van der Waals surface area contributed by atoms with Gasteiger partial charge in [0.15, 0.2) is 0 Å². The molecule has 2 heteroatoms. The van der Waals surface area contributed by atoms with Crippen molar-refractivity contribution < 1.29 is 9.13 Å². The third-order valence-electron chi connectivity index (χ3n) is 2.24.